The summed E-state index contributed by atoms with van der Waals surface area (Å²) in [5, 5.41) is 2.52. The zero-order valence-corrected chi connectivity index (χ0v) is 12.6. The number of sulfonamides is 1. The molecule has 5 nitrogen and oxygen atoms in total. The molecule has 0 aromatic heterocycles. The summed E-state index contributed by atoms with van der Waals surface area (Å²) in [6, 6.07) is 5.06. The van der Waals surface area contributed by atoms with Crippen LogP contribution in [0.1, 0.15) is 12.5 Å². The highest BCUT2D eigenvalue weighted by atomic mass is 79.9. The van der Waals surface area contributed by atoms with E-state index in [0.717, 1.165) is 0 Å². The summed E-state index contributed by atoms with van der Waals surface area (Å²) in [6.45, 7) is 3.54. The van der Waals surface area contributed by atoms with Gasteiger partial charge in [-0.15, -0.1) is 0 Å². The first-order chi connectivity index (χ1) is 8.33. The molecule has 1 aromatic rings. The Labute approximate surface area is 115 Å². The van der Waals surface area contributed by atoms with E-state index in [2.05, 4.69) is 26.0 Å². The van der Waals surface area contributed by atoms with Crippen molar-refractivity contribution in [1.29, 1.82) is 0 Å². The summed E-state index contributed by atoms with van der Waals surface area (Å²) < 4.78 is 27.1. The van der Waals surface area contributed by atoms with Gasteiger partial charge in [-0.2, -0.15) is 0 Å². The number of aryl methyl sites for hydroxylation is 1. The summed E-state index contributed by atoms with van der Waals surface area (Å²) in [7, 11) is -3.54. The molecule has 0 atom stereocenters. The van der Waals surface area contributed by atoms with Crippen molar-refractivity contribution in [1.82, 2.24) is 10.0 Å². The number of carbonyl (C=O) groups is 1. The molecule has 0 aliphatic carbocycles. The highest BCUT2D eigenvalue weighted by Crippen LogP contribution is 2.20. The van der Waals surface area contributed by atoms with Crippen molar-refractivity contribution < 1.29 is 13.2 Å². The van der Waals surface area contributed by atoms with Crippen LogP contribution in [0.5, 0.6) is 0 Å². The van der Waals surface area contributed by atoms with Gasteiger partial charge < -0.3 is 5.32 Å². The quantitative estimate of drug-likeness (QED) is 0.794. The van der Waals surface area contributed by atoms with Crippen LogP contribution in [0.3, 0.4) is 0 Å². The number of hydrogen-bond donors (Lipinski definition) is 2. The molecular formula is C11H15BrN2O3S. The van der Waals surface area contributed by atoms with Crippen LogP contribution in [0.15, 0.2) is 27.6 Å². The molecule has 18 heavy (non-hydrogen) atoms. The Kier molecular flexibility index (Phi) is 5.30. The molecule has 100 valence electrons. The van der Waals surface area contributed by atoms with Crippen molar-refractivity contribution in [2.75, 3.05) is 13.1 Å². The van der Waals surface area contributed by atoms with E-state index in [1.165, 1.54) is 6.92 Å². The lowest BCUT2D eigenvalue weighted by Gasteiger charge is -2.09. The number of halogens is 1. The van der Waals surface area contributed by atoms with Crippen molar-refractivity contribution in [3.05, 3.63) is 28.2 Å². The molecule has 1 aromatic carbocycles. The third kappa shape index (κ3) is 4.40. The Morgan fingerprint density at radius 3 is 2.61 bits per heavy atom. The van der Waals surface area contributed by atoms with E-state index in [1.807, 2.05) is 0 Å². The van der Waals surface area contributed by atoms with Crippen molar-refractivity contribution in [2.45, 2.75) is 18.7 Å². The minimum atomic E-state index is -3.54. The van der Waals surface area contributed by atoms with Crippen molar-refractivity contribution in [3.8, 4) is 0 Å². The van der Waals surface area contributed by atoms with E-state index in [1.54, 1.807) is 25.1 Å². The number of amides is 1. The molecule has 2 N–H and O–H groups in total. The molecule has 0 unspecified atom stereocenters. The molecule has 0 heterocycles. The van der Waals surface area contributed by atoms with Gasteiger partial charge in [0.05, 0.1) is 4.90 Å². The zero-order chi connectivity index (χ0) is 13.8. The van der Waals surface area contributed by atoms with Crippen molar-refractivity contribution in [2.24, 2.45) is 0 Å². The maximum atomic E-state index is 12.0. The fraction of sp³-hybridized carbons (Fsp3) is 0.364. The third-order valence-corrected chi connectivity index (χ3v) is 4.33. The maximum absolute atomic E-state index is 12.0. The van der Waals surface area contributed by atoms with Crippen LogP contribution in [0.2, 0.25) is 0 Å². The van der Waals surface area contributed by atoms with Crippen LogP contribution >= 0.6 is 15.9 Å². The second kappa shape index (κ2) is 6.31. The lowest BCUT2D eigenvalue weighted by molar-refractivity contribution is -0.118. The van der Waals surface area contributed by atoms with E-state index in [-0.39, 0.29) is 23.9 Å². The van der Waals surface area contributed by atoms with Gasteiger partial charge in [0.25, 0.3) is 0 Å². The Morgan fingerprint density at radius 1 is 1.33 bits per heavy atom. The Bertz CT molecular complexity index is 543. The minimum Gasteiger partial charge on any atom is -0.355 e. The summed E-state index contributed by atoms with van der Waals surface area (Å²) in [5.74, 6) is -0.187. The summed E-state index contributed by atoms with van der Waals surface area (Å²) in [5.41, 5.74) is 0.672. The number of hydrogen-bond acceptors (Lipinski definition) is 3. The molecule has 7 heteroatoms. The van der Waals surface area contributed by atoms with Gasteiger partial charge in [0.15, 0.2) is 0 Å². The summed E-state index contributed by atoms with van der Waals surface area (Å²) in [6.07, 6.45) is 0. The topological polar surface area (TPSA) is 75.3 Å². The smallest absolute Gasteiger partial charge is 0.240 e. The van der Waals surface area contributed by atoms with Crippen LogP contribution in [-0.2, 0) is 14.8 Å². The van der Waals surface area contributed by atoms with Crippen LogP contribution in [0, 0.1) is 6.92 Å². The summed E-state index contributed by atoms with van der Waals surface area (Å²) in [4.78, 5) is 10.9. The van der Waals surface area contributed by atoms with Crippen molar-refractivity contribution in [3.63, 3.8) is 0 Å². The fourth-order valence-corrected chi connectivity index (χ4v) is 3.18. The average molecular weight is 335 g/mol. The Morgan fingerprint density at radius 2 is 2.00 bits per heavy atom. The lowest BCUT2D eigenvalue weighted by Crippen LogP contribution is -2.33. The molecule has 0 saturated heterocycles. The average Bonchev–Trinajstić information content (AvgIpc) is 2.27. The fourth-order valence-electron chi connectivity index (χ4n) is 1.37. The third-order valence-electron chi connectivity index (χ3n) is 2.23. The minimum absolute atomic E-state index is 0.161. The zero-order valence-electron chi connectivity index (χ0n) is 10.2. The molecule has 0 saturated carbocycles. The molecule has 0 spiro atoms. The molecule has 1 amide bonds. The van der Waals surface area contributed by atoms with E-state index < -0.39 is 10.0 Å². The molecular weight excluding hydrogens is 320 g/mol. The first-order valence-corrected chi connectivity index (χ1v) is 7.61. The molecule has 0 aliphatic rings. The molecule has 0 bridgehead atoms. The first-order valence-electron chi connectivity index (χ1n) is 5.33. The van der Waals surface area contributed by atoms with Crippen LogP contribution in [0.25, 0.3) is 0 Å². The van der Waals surface area contributed by atoms with E-state index in [9.17, 15) is 13.2 Å². The Hall–Kier alpha value is -0.920. The molecule has 0 radical (unpaired) electrons. The van der Waals surface area contributed by atoms with Crippen LogP contribution in [0.4, 0.5) is 0 Å². The second-order valence-electron chi connectivity index (χ2n) is 3.79. The number of rotatable bonds is 5. The summed E-state index contributed by atoms with van der Waals surface area (Å²) >= 11 is 3.24. The largest absolute Gasteiger partial charge is 0.355 e. The number of benzene rings is 1. The van der Waals surface area contributed by atoms with E-state index in [4.69, 9.17) is 0 Å². The van der Waals surface area contributed by atoms with Gasteiger partial charge in [0.2, 0.25) is 15.9 Å². The number of nitrogens with one attached hydrogen (secondary N) is 2. The van der Waals surface area contributed by atoms with Gasteiger partial charge in [0.1, 0.15) is 0 Å². The van der Waals surface area contributed by atoms with Crippen LogP contribution in [-0.4, -0.2) is 27.4 Å². The second-order valence-corrected chi connectivity index (χ2v) is 6.44. The maximum Gasteiger partial charge on any atom is 0.240 e. The predicted octanol–water partition coefficient (Wildman–Crippen LogP) is 1.17. The highest BCUT2D eigenvalue weighted by molar-refractivity contribution is 9.10. The van der Waals surface area contributed by atoms with E-state index in [0.29, 0.717) is 10.0 Å². The lowest BCUT2D eigenvalue weighted by atomic mass is 10.2. The van der Waals surface area contributed by atoms with E-state index >= 15 is 0 Å². The van der Waals surface area contributed by atoms with Gasteiger partial charge in [-0.3, -0.25) is 4.79 Å². The molecule has 0 aliphatic heterocycles. The monoisotopic (exact) mass is 334 g/mol. The molecule has 1 rings (SSSR count). The van der Waals surface area contributed by atoms with Gasteiger partial charge in [-0.1, -0.05) is 22.0 Å². The van der Waals surface area contributed by atoms with Crippen molar-refractivity contribution >= 4 is 31.9 Å². The standard InChI is InChI=1S/C11H15BrN2O3S/c1-8-3-4-10(12)7-11(8)18(16,17)14-6-5-13-9(2)15/h3-4,7,14H,5-6H2,1-2H3,(H,13,15). The van der Waals surface area contributed by atoms with Gasteiger partial charge in [-0.05, 0) is 24.6 Å². The predicted molar refractivity (Wildman–Crippen MR) is 72.8 cm³/mol. The van der Waals surface area contributed by atoms with Gasteiger partial charge in [0, 0.05) is 24.5 Å². The van der Waals surface area contributed by atoms with Crippen LogP contribution < -0.4 is 10.0 Å². The normalized spacial score (nSPS) is 11.3. The van der Waals surface area contributed by atoms with Gasteiger partial charge in [-0.25, -0.2) is 13.1 Å². The Balaban J connectivity index is 2.74. The van der Waals surface area contributed by atoms with Gasteiger partial charge >= 0.3 is 0 Å². The SMILES string of the molecule is CC(=O)NCCNS(=O)(=O)c1cc(Br)ccc1C. The highest BCUT2D eigenvalue weighted by Gasteiger charge is 2.16. The number of carbonyl (C=O) groups excluding carboxylic acids is 1. The molecule has 0 fully saturated rings. The first kappa shape index (κ1) is 15.1.